The van der Waals surface area contributed by atoms with Gasteiger partial charge in [-0.2, -0.15) is 0 Å². The van der Waals surface area contributed by atoms with Crippen LogP contribution in [0.1, 0.15) is 98.0 Å². The van der Waals surface area contributed by atoms with Crippen LogP contribution in [0.3, 0.4) is 0 Å². The lowest BCUT2D eigenvalue weighted by atomic mass is 9.83. The Morgan fingerprint density at radius 1 is 1.04 bits per heavy atom. The van der Waals surface area contributed by atoms with Crippen LogP contribution < -0.4 is 5.32 Å². The fourth-order valence-corrected chi connectivity index (χ4v) is 6.34. The number of carbonyl (C=O) groups is 2. The van der Waals surface area contributed by atoms with Crippen LogP contribution in [0.5, 0.6) is 0 Å². The first-order chi connectivity index (χ1) is 22.2. The summed E-state index contributed by atoms with van der Waals surface area (Å²) in [6, 6.07) is 8.68. The molecule has 0 bridgehead atoms. The van der Waals surface area contributed by atoms with Crippen LogP contribution >= 0.6 is 0 Å². The van der Waals surface area contributed by atoms with Gasteiger partial charge in [-0.05, 0) is 81.9 Å². The second kappa shape index (κ2) is 20.2. The third-order valence-electron chi connectivity index (χ3n) is 9.21. The van der Waals surface area contributed by atoms with Crippen molar-refractivity contribution in [3.8, 4) is 11.3 Å². The average Bonchev–Trinajstić information content (AvgIpc) is 3.52. The molecule has 0 radical (unpaired) electrons. The molecule has 0 aliphatic carbocycles. The zero-order chi connectivity index (χ0) is 33.3. The van der Waals surface area contributed by atoms with Gasteiger partial charge in [-0.15, -0.1) is 5.10 Å². The smallest absolute Gasteiger partial charge is 0.306 e. The van der Waals surface area contributed by atoms with Crippen molar-refractivity contribution in [2.24, 2.45) is 23.7 Å². The highest BCUT2D eigenvalue weighted by Gasteiger charge is 2.24. The van der Waals surface area contributed by atoms with E-state index in [2.05, 4.69) is 53.7 Å². The monoisotopic (exact) mass is 634 g/mol. The van der Waals surface area contributed by atoms with Crippen LogP contribution in [0.4, 0.5) is 0 Å². The van der Waals surface area contributed by atoms with E-state index in [0.29, 0.717) is 24.7 Å². The van der Waals surface area contributed by atoms with Gasteiger partial charge in [0.1, 0.15) is 11.8 Å². The number of aryl methyl sites for hydroxylation is 1. The topological polar surface area (TPSA) is 106 Å². The van der Waals surface area contributed by atoms with Crippen LogP contribution in [-0.2, 0) is 27.3 Å². The Kier molecular flexibility index (Phi) is 16.4. The van der Waals surface area contributed by atoms with Gasteiger partial charge in [0.15, 0.2) is 5.78 Å². The molecule has 8 heteroatoms. The molecule has 254 valence electrons. The van der Waals surface area contributed by atoms with Crippen molar-refractivity contribution in [1.82, 2.24) is 20.3 Å². The Balaban J connectivity index is 1.53. The number of hydrogen-bond acceptors (Lipinski definition) is 7. The standard InChI is InChI=1S/C38H58N4O4/c1-6-8-9-10-31-13-15-33(16-14-31)35-26-42(41-40-35)22-21-39-20-19-32-23-28(3)12-18-38(45)46-37(7-2)34(27-43)24-29(4)11-17-36(44)30(5)25-32/h11,13-17,24,26,28,30,32,34,37,39,43H,6-10,12,18-23,25,27H2,1-5H3/b17-11+,29-24+/t28-,30+,32+,34+,37+/m0/s1. The van der Waals surface area contributed by atoms with Crippen molar-refractivity contribution < 1.29 is 19.4 Å². The zero-order valence-electron chi connectivity index (χ0n) is 28.9. The number of cyclic esters (lactones) is 1. The minimum Gasteiger partial charge on any atom is -0.462 e. The van der Waals surface area contributed by atoms with Crippen molar-refractivity contribution in [2.75, 3.05) is 19.7 Å². The van der Waals surface area contributed by atoms with Gasteiger partial charge in [-0.25, -0.2) is 0 Å². The van der Waals surface area contributed by atoms with Crippen LogP contribution in [0.2, 0.25) is 0 Å². The van der Waals surface area contributed by atoms with E-state index in [1.807, 2.05) is 43.8 Å². The molecule has 0 saturated heterocycles. The highest BCUT2D eigenvalue weighted by Crippen LogP contribution is 2.27. The van der Waals surface area contributed by atoms with Gasteiger partial charge < -0.3 is 15.2 Å². The predicted octanol–water partition coefficient (Wildman–Crippen LogP) is 7.12. The molecule has 0 saturated carbocycles. The number of nitrogens with one attached hydrogen (secondary N) is 1. The molecular formula is C38H58N4O4. The first-order valence-corrected chi connectivity index (χ1v) is 17.6. The molecule has 1 aromatic heterocycles. The Morgan fingerprint density at radius 3 is 2.54 bits per heavy atom. The lowest BCUT2D eigenvalue weighted by molar-refractivity contribution is -0.152. The second-order valence-corrected chi connectivity index (χ2v) is 13.4. The molecule has 1 aliphatic heterocycles. The number of allylic oxidation sites excluding steroid dienone is 3. The Hall–Kier alpha value is -3.10. The minimum absolute atomic E-state index is 0.0878. The van der Waals surface area contributed by atoms with Crippen molar-refractivity contribution in [1.29, 1.82) is 0 Å². The van der Waals surface area contributed by atoms with Crippen LogP contribution in [0.25, 0.3) is 11.3 Å². The van der Waals surface area contributed by atoms with E-state index < -0.39 is 0 Å². The van der Waals surface area contributed by atoms with Gasteiger partial charge >= 0.3 is 5.97 Å². The molecule has 2 heterocycles. The van der Waals surface area contributed by atoms with Crippen LogP contribution in [0, 0.1) is 23.7 Å². The SMILES string of the molecule is CCCCCc1ccc(-c2cn(CCNCC[C@@H]3C[C@@H](C)CCC(=O)O[C@H](CC)[C@@H](CO)/C=C(C)/C=C/C(=O)[C@H](C)C3)nn2)cc1. The molecule has 2 aromatic rings. The number of carbonyl (C=O) groups excluding carboxylic acids is 2. The number of aliphatic hydroxyl groups excluding tert-OH is 1. The summed E-state index contributed by atoms with van der Waals surface area (Å²) < 4.78 is 7.67. The summed E-state index contributed by atoms with van der Waals surface area (Å²) in [5, 5.41) is 22.2. The Morgan fingerprint density at radius 2 is 1.83 bits per heavy atom. The molecule has 1 aliphatic rings. The molecule has 0 spiro atoms. The van der Waals surface area contributed by atoms with Crippen molar-refractivity contribution in [2.45, 2.75) is 111 Å². The van der Waals surface area contributed by atoms with Gasteiger partial charge in [-0.1, -0.05) is 87.7 Å². The van der Waals surface area contributed by atoms with E-state index in [9.17, 15) is 14.7 Å². The molecule has 5 atom stereocenters. The number of ether oxygens (including phenoxy) is 1. The number of aromatic nitrogens is 3. The number of nitrogens with zero attached hydrogens (tertiary/aromatic N) is 3. The Bertz CT molecular complexity index is 1250. The molecule has 0 amide bonds. The van der Waals surface area contributed by atoms with E-state index >= 15 is 0 Å². The second-order valence-electron chi connectivity index (χ2n) is 13.4. The number of hydrogen-bond donors (Lipinski definition) is 2. The van der Waals surface area contributed by atoms with Crippen molar-refractivity contribution >= 4 is 11.8 Å². The summed E-state index contributed by atoms with van der Waals surface area (Å²) in [4.78, 5) is 25.7. The quantitative estimate of drug-likeness (QED) is 0.178. The van der Waals surface area contributed by atoms with E-state index in [4.69, 9.17) is 4.74 Å². The maximum Gasteiger partial charge on any atom is 0.306 e. The molecule has 2 N–H and O–H groups in total. The first-order valence-electron chi connectivity index (χ1n) is 17.6. The zero-order valence-corrected chi connectivity index (χ0v) is 28.9. The van der Waals surface area contributed by atoms with Crippen molar-refractivity contribution in [3.05, 3.63) is 59.8 Å². The number of esters is 1. The fraction of sp³-hybridized carbons (Fsp3) is 0.632. The molecule has 0 unspecified atom stereocenters. The summed E-state index contributed by atoms with van der Waals surface area (Å²) in [5.41, 5.74) is 4.23. The number of rotatable bonds is 13. The summed E-state index contributed by atoms with van der Waals surface area (Å²) in [6.07, 6.45) is 16.3. The van der Waals surface area contributed by atoms with Gasteiger partial charge in [0.2, 0.25) is 0 Å². The summed E-state index contributed by atoms with van der Waals surface area (Å²) in [7, 11) is 0. The Labute approximate surface area is 277 Å². The maximum absolute atomic E-state index is 13.0. The summed E-state index contributed by atoms with van der Waals surface area (Å²) in [6.45, 7) is 12.6. The molecule has 46 heavy (non-hydrogen) atoms. The maximum atomic E-state index is 13.0. The molecular weight excluding hydrogens is 576 g/mol. The molecule has 1 aromatic carbocycles. The summed E-state index contributed by atoms with van der Waals surface area (Å²) >= 11 is 0. The number of ketones is 1. The highest BCUT2D eigenvalue weighted by molar-refractivity contribution is 5.91. The lowest BCUT2D eigenvalue weighted by Crippen LogP contribution is -2.28. The third kappa shape index (κ3) is 13.0. The first kappa shape index (κ1) is 37.4. The van der Waals surface area contributed by atoms with E-state index in [-0.39, 0.29) is 36.3 Å². The number of aliphatic hydroxyl groups is 1. The fourth-order valence-electron chi connectivity index (χ4n) is 6.34. The van der Waals surface area contributed by atoms with E-state index in [1.165, 1.54) is 24.8 Å². The van der Waals surface area contributed by atoms with Gasteiger partial charge in [0.05, 0.1) is 19.3 Å². The minimum atomic E-state index is -0.381. The molecule has 0 fully saturated rings. The number of unbranched alkanes of at least 4 members (excludes halogenated alkanes) is 2. The highest BCUT2D eigenvalue weighted by atomic mass is 16.5. The van der Waals surface area contributed by atoms with E-state index in [1.54, 1.807) is 6.08 Å². The third-order valence-corrected chi connectivity index (χ3v) is 9.21. The summed E-state index contributed by atoms with van der Waals surface area (Å²) in [5.74, 6) is 0.229. The van der Waals surface area contributed by atoms with Crippen molar-refractivity contribution in [3.63, 3.8) is 0 Å². The average molecular weight is 635 g/mol. The number of benzene rings is 1. The largest absolute Gasteiger partial charge is 0.462 e. The van der Waals surface area contributed by atoms with Crippen LogP contribution in [0.15, 0.2) is 54.3 Å². The normalized spacial score (nSPS) is 25.5. The van der Waals surface area contributed by atoms with Crippen LogP contribution in [-0.4, -0.2) is 57.7 Å². The van der Waals surface area contributed by atoms with Gasteiger partial charge in [-0.3, -0.25) is 14.3 Å². The molecule has 3 rings (SSSR count). The van der Waals surface area contributed by atoms with E-state index in [0.717, 1.165) is 68.6 Å². The lowest BCUT2D eigenvalue weighted by Gasteiger charge is -2.25. The predicted molar refractivity (Wildman–Crippen MR) is 185 cm³/mol. The van der Waals surface area contributed by atoms with Gasteiger partial charge in [0, 0.05) is 30.4 Å². The van der Waals surface area contributed by atoms with Gasteiger partial charge in [0.25, 0.3) is 0 Å². The molecule has 8 nitrogen and oxygen atoms in total.